The summed E-state index contributed by atoms with van der Waals surface area (Å²) in [6.07, 6.45) is 2.65. The molecule has 1 aliphatic rings. The van der Waals surface area contributed by atoms with Gasteiger partial charge in [-0.3, -0.25) is 4.90 Å². The molecule has 1 aromatic rings. The van der Waals surface area contributed by atoms with E-state index in [1.807, 2.05) is 18.2 Å². The quantitative estimate of drug-likeness (QED) is 0.789. The van der Waals surface area contributed by atoms with E-state index in [4.69, 9.17) is 0 Å². The smallest absolute Gasteiger partial charge is 0.129 e. The Kier molecular flexibility index (Phi) is 9.68. The van der Waals surface area contributed by atoms with E-state index < -0.39 is 0 Å². The molecule has 1 N–H and O–H groups in total. The van der Waals surface area contributed by atoms with Crippen LogP contribution in [0, 0.1) is 5.82 Å². The summed E-state index contributed by atoms with van der Waals surface area (Å²) >= 11 is 3.30. The van der Waals surface area contributed by atoms with Crippen molar-refractivity contribution in [3.8, 4) is 0 Å². The molecule has 2 rings (SSSR count). The van der Waals surface area contributed by atoms with Crippen molar-refractivity contribution in [3.05, 3.63) is 46.7 Å². The molecule has 1 aliphatic heterocycles. The van der Waals surface area contributed by atoms with Gasteiger partial charge in [-0.25, -0.2) is 4.39 Å². The number of piperazine rings is 1. The van der Waals surface area contributed by atoms with Crippen molar-refractivity contribution in [2.75, 3.05) is 26.2 Å². The van der Waals surface area contributed by atoms with E-state index in [0.717, 1.165) is 42.6 Å². The first-order valence-electron chi connectivity index (χ1n) is 6.23. The van der Waals surface area contributed by atoms with Crippen LogP contribution in [0.15, 0.2) is 35.3 Å². The average molecular weight is 386 g/mol. The van der Waals surface area contributed by atoms with Gasteiger partial charge in [0, 0.05) is 42.3 Å². The molecule has 0 spiro atoms. The summed E-state index contributed by atoms with van der Waals surface area (Å²) in [5.41, 5.74) is 0.764. The molecule has 0 amide bonds. The number of nitrogens with zero attached hydrogens (tertiary/aromatic N) is 1. The molecule has 114 valence electrons. The lowest BCUT2D eigenvalue weighted by atomic mass is 10.0. The number of halogens is 4. The predicted octanol–water partition coefficient (Wildman–Crippen LogP) is 3.95. The molecule has 1 heterocycles. The summed E-state index contributed by atoms with van der Waals surface area (Å²) in [5.74, 6) is -0.144. The first-order chi connectivity index (χ1) is 8.72. The van der Waals surface area contributed by atoms with Crippen molar-refractivity contribution >= 4 is 40.7 Å². The van der Waals surface area contributed by atoms with Gasteiger partial charge in [-0.05, 0) is 18.6 Å². The topological polar surface area (TPSA) is 15.3 Å². The Morgan fingerprint density at radius 1 is 1.35 bits per heavy atom. The van der Waals surface area contributed by atoms with Crippen LogP contribution >= 0.6 is 40.7 Å². The van der Waals surface area contributed by atoms with Gasteiger partial charge in [-0.1, -0.05) is 28.1 Å². The van der Waals surface area contributed by atoms with Crippen LogP contribution in [0.4, 0.5) is 4.39 Å². The Morgan fingerprint density at radius 2 is 2.00 bits per heavy atom. The van der Waals surface area contributed by atoms with Crippen molar-refractivity contribution < 1.29 is 4.39 Å². The van der Waals surface area contributed by atoms with Crippen molar-refractivity contribution in [1.29, 1.82) is 0 Å². The van der Waals surface area contributed by atoms with Crippen LogP contribution in [0.5, 0.6) is 0 Å². The summed E-state index contributed by atoms with van der Waals surface area (Å²) in [7, 11) is 0. The van der Waals surface area contributed by atoms with Crippen LogP contribution in [-0.4, -0.2) is 31.1 Å². The van der Waals surface area contributed by atoms with Gasteiger partial charge in [-0.15, -0.1) is 31.4 Å². The zero-order chi connectivity index (χ0) is 13.0. The number of nitrogens with one attached hydrogen (secondary N) is 1. The van der Waals surface area contributed by atoms with Crippen molar-refractivity contribution in [2.24, 2.45) is 0 Å². The second-order valence-corrected chi connectivity index (χ2v) is 5.41. The van der Waals surface area contributed by atoms with E-state index in [-0.39, 0.29) is 36.7 Å². The highest BCUT2D eigenvalue weighted by molar-refractivity contribution is 9.10. The van der Waals surface area contributed by atoms with E-state index in [0.29, 0.717) is 0 Å². The Labute approximate surface area is 140 Å². The number of benzene rings is 1. The largest absolute Gasteiger partial charge is 0.314 e. The van der Waals surface area contributed by atoms with E-state index in [2.05, 4.69) is 32.7 Å². The van der Waals surface area contributed by atoms with Gasteiger partial charge in [0.05, 0.1) is 0 Å². The first-order valence-corrected chi connectivity index (χ1v) is 7.02. The summed E-state index contributed by atoms with van der Waals surface area (Å²) in [4.78, 5) is 2.32. The second kappa shape index (κ2) is 9.74. The van der Waals surface area contributed by atoms with Crippen LogP contribution in [0.25, 0.3) is 0 Å². The molecule has 0 aliphatic carbocycles. The first kappa shape index (κ1) is 19.9. The maximum Gasteiger partial charge on any atom is 0.129 e. The average Bonchev–Trinajstić information content (AvgIpc) is 2.38. The Morgan fingerprint density at radius 3 is 2.55 bits per heavy atom. The summed E-state index contributed by atoms with van der Waals surface area (Å²) in [6.45, 7) is 7.63. The summed E-state index contributed by atoms with van der Waals surface area (Å²) < 4.78 is 14.9. The molecule has 0 aromatic heterocycles. The molecule has 1 fully saturated rings. The molecule has 1 atom stereocenters. The fourth-order valence-corrected chi connectivity index (χ4v) is 2.73. The Bertz CT molecular complexity index is 426. The van der Waals surface area contributed by atoms with Crippen LogP contribution in [0.2, 0.25) is 0 Å². The van der Waals surface area contributed by atoms with E-state index >= 15 is 0 Å². The molecule has 0 radical (unpaired) electrons. The highest BCUT2D eigenvalue weighted by Crippen LogP contribution is 2.28. The fourth-order valence-electron chi connectivity index (χ4n) is 2.40. The Balaban J connectivity index is 0.00000180. The lowest BCUT2D eigenvalue weighted by Gasteiger charge is -2.35. The summed E-state index contributed by atoms with van der Waals surface area (Å²) in [5, 5.41) is 3.32. The zero-order valence-electron chi connectivity index (χ0n) is 11.1. The molecule has 1 saturated heterocycles. The van der Waals surface area contributed by atoms with Crippen LogP contribution in [0.3, 0.4) is 0 Å². The standard InChI is InChI=1S/C14H18BrFN2.2ClH/c1-2-3-14(18-8-6-17-7-9-18)12-5-4-11(15)10-13(12)16;;/h2,4-5,10,14,17H,1,3,6-9H2;2*1H/t14-;;/m0../s1. The van der Waals surface area contributed by atoms with Gasteiger partial charge < -0.3 is 5.32 Å². The third-order valence-corrected chi connectivity index (χ3v) is 3.80. The SMILES string of the molecule is C=CC[C@@H](c1ccc(Br)cc1F)N1CCNCC1.Cl.Cl. The highest BCUT2D eigenvalue weighted by Gasteiger charge is 2.23. The fraction of sp³-hybridized carbons (Fsp3) is 0.429. The van der Waals surface area contributed by atoms with Gasteiger partial charge >= 0.3 is 0 Å². The van der Waals surface area contributed by atoms with Crippen LogP contribution < -0.4 is 5.32 Å². The second-order valence-electron chi connectivity index (χ2n) is 4.49. The van der Waals surface area contributed by atoms with Gasteiger partial charge in [-0.2, -0.15) is 0 Å². The molecular weight excluding hydrogens is 366 g/mol. The van der Waals surface area contributed by atoms with Crippen LogP contribution in [0.1, 0.15) is 18.0 Å². The lowest BCUT2D eigenvalue weighted by molar-refractivity contribution is 0.171. The van der Waals surface area contributed by atoms with Gasteiger partial charge in [0.2, 0.25) is 0 Å². The summed E-state index contributed by atoms with van der Waals surface area (Å²) in [6, 6.07) is 5.40. The molecule has 6 heteroatoms. The third-order valence-electron chi connectivity index (χ3n) is 3.30. The van der Waals surface area contributed by atoms with E-state index in [1.54, 1.807) is 0 Å². The van der Waals surface area contributed by atoms with Gasteiger partial charge in [0.25, 0.3) is 0 Å². The molecule has 0 unspecified atom stereocenters. The predicted molar refractivity (Wildman–Crippen MR) is 90.6 cm³/mol. The molecule has 0 bridgehead atoms. The van der Waals surface area contributed by atoms with Gasteiger partial charge in [0.15, 0.2) is 0 Å². The normalized spacial score (nSPS) is 16.7. The zero-order valence-corrected chi connectivity index (χ0v) is 14.4. The highest BCUT2D eigenvalue weighted by atomic mass is 79.9. The minimum absolute atomic E-state index is 0. The van der Waals surface area contributed by atoms with Crippen molar-refractivity contribution in [2.45, 2.75) is 12.5 Å². The van der Waals surface area contributed by atoms with Crippen LogP contribution in [-0.2, 0) is 0 Å². The molecule has 20 heavy (non-hydrogen) atoms. The maximum atomic E-state index is 14.1. The third kappa shape index (κ3) is 5.01. The monoisotopic (exact) mass is 384 g/mol. The Hall–Kier alpha value is -0.130. The number of rotatable bonds is 4. The van der Waals surface area contributed by atoms with Gasteiger partial charge in [0.1, 0.15) is 5.82 Å². The molecular formula is C14H20BrCl2FN2. The van der Waals surface area contributed by atoms with Crippen molar-refractivity contribution in [1.82, 2.24) is 10.2 Å². The van der Waals surface area contributed by atoms with E-state index in [1.165, 1.54) is 6.07 Å². The maximum absolute atomic E-state index is 14.1. The molecule has 0 saturated carbocycles. The molecule has 1 aromatic carbocycles. The number of hydrogen-bond acceptors (Lipinski definition) is 2. The minimum atomic E-state index is -0.144. The van der Waals surface area contributed by atoms with Crippen molar-refractivity contribution in [3.63, 3.8) is 0 Å². The minimum Gasteiger partial charge on any atom is -0.314 e. The molecule has 2 nitrogen and oxygen atoms in total. The lowest BCUT2D eigenvalue weighted by Crippen LogP contribution is -2.45. The van der Waals surface area contributed by atoms with E-state index in [9.17, 15) is 4.39 Å². The number of hydrogen-bond donors (Lipinski definition) is 1.